The van der Waals surface area contributed by atoms with E-state index in [1.165, 1.54) is 0 Å². The number of primary amides is 1. The van der Waals surface area contributed by atoms with Gasteiger partial charge in [-0.1, -0.05) is 0 Å². The van der Waals surface area contributed by atoms with Crippen LogP contribution in [0.3, 0.4) is 0 Å². The molecule has 1 aromatic rings. The molecule has 1 fully saturated rings. The first-order valence-corrected chi connectivity index (χ1v) is 6.98. The van der Waals surface area contributed by atoms with Gasteiger partial charge in [0.25, 0.3) is 0 Å². The fraction of sp³-hybridized carbons (Fsp3) is 0.467. The maximum atomic E-state index is 12.5. The molecule has 2 amide bonds. The Labute approximate surface area is 123 Å². The molecule has 5 N–H and O–H groups in total. The number of nitrogens with one attached hydrogen (secondary N) is 1. The van der Waals surface area contributed by atoms with Gasteiger partial charge in [-0.25, -0.2) is 0 Å². The largest absolute Gasteiger partial charge is 0.381 e. The number of aryl methyl sites for hydroxylation is 1. The predicted octanol–water partition coefficient (Wildman–Crippen LogP) is 0.788. The minimum absolute atomic E-state index is 0.0977. The van der Waals surface area contributed by atoms with Gasteiger partial charge in [0.05, 0.1) is 5.41 Å². The molecule has 1 aromatic carbocycles. The number of nitrogens with two attached hydrogens (primary N) is 2. The average Bonchev–Trinajstić information content (AvgIpc) is 2.47. The predicted molar refractivity (Wildman–Crippen MR) is 79.9 cm³/mol. The van der Waals surface area contributed by atoms with Crippen LogP contribution in [-0.2, 0) is 9.53 Å². The van der Waals surface area contributed by atoms with Crippen molar-refractivity contribution in [2.24, 2.45) is 16.9 Å². The van der Waals surface area contributed by atoms with Crippen molar-refractivity contribution in [2.75, 3.05) is 25.1 Å². The van der Waals surface area contributed by atoms with Crippen LogP contribution in [-0.4, -0.2) is 31.6 Å². The van der Waals surface area contributed by atoms with E-state index in [0.717, 1.165) is 5.56 Å². The van der Waals surface area contributed by atoms with E-state index in [1.54, 1.807) is 25.1 Å². The highest BCUT2D eigenvalue weighted by Crippen LogP contribution is 2.31. The molecule has 6 nitrogen and oxygen atoms in total. The van der Waals surface area contributed by atoms with Crippen molar-refractivity contribution in [3.63, 3.8) is 0 Å². The summed E-state index contributed by atoms with van der Waals surface area (Å²) in [4.78, 5) is 23.7. The molecule has 1 aliphatic rings. The number of carbonyl (C=O) groups is 2. The molecule has 2 rings (SSSR count). The van der Waals surface area contributed by atoms with Gasteiger partial charge in [0.2, 0.25) is 11.8 Å². The SMILES string of the molecule is Cc1cc(NC(=O)C2(CN)CCOCC2)ccc1C(N)=O. The van der Waals surface area contributed by atoms with Gasteiger partial charge < -0.3 is 21.5 Å². The van der Waals surface area contributed by atoms with E-state index in [0.29, 0.717) is 43.9 Å². The van der Waals surface area contributed by atoms with Crippen LogP contribution < -0.4 is 16.8 Å². The zero-order chi connectivity index (χ0) is 15.5. The Morgan fingerprint density at radius 2 is 2.00 bits per heavy atom. The van der Waals surface area contributed by atoms with Gasteiger partial charge in [-0.2, -0.15) is 0 Å². The van der Waals surface area contributed by atoms with Crippen molar-refractivity contribution >= 4 is 17.5 Å². The second-order valence-electron chi connectivity index (χ2n) is 5.44. The van der Waals surface area contributed by atoms with Crippen molar-refractivity contribution in [2.45, 2.75) is 19.8 Å². The summed E-state index contributed by atoms with van der Waals surface area (Å²) >= 11 is 0. The Morgan fingerprint density at radius 3 is 2.52 bits per heavy atom. The number of hydrogen-bond donors (Lipinski definition) is 3. The Kier molecular flexibility index (Phi) is 4.59. The van der Waals surface area contributed by atoms with E-state index in [1.807, 2.05) is 0 Å². The summed E-state index contributed by atoms with van der Waals surface area (Å²) < 4.78 is 5.30. The molecule has 0 radical (unpaired) electrons. The van der Waals surface area contributed by atoms with Crippen LogP contribution >= 0.6 is 0 Å². The normalized spacial score (nSPS) is 17.2. The molecule has 21 heavy (non-hydrogen) atoms. The number of carbonyl (C=O) groups excluding carboxylic acids is 2. The van der Waals surface area contributed by atoms with Crippen molar-refractivity contribution in [1.82, 2.24) is 0 Å². The Hall–Kier alpha value is -1.92. The monoisotopic (exact) mass is 291 g/mol. The van der Waals surface area contributed by atoms with Crippen molar-refractivity contribution in [1.29, 1.82) is 0 Å². The molecular weight excluding hydrogens is 270 g/mol. The lowest BCUT2D eigenvalue weighted by Crippen LogP contribution is -2.46. The van der Waals surface area contributed by atoms with Crippen LogP contribution in [0, 0.1) is 12.3 Å². The fourth-order valence-electron chi connectivity index (χ4n) is 2.57. The van der Waals surface area contributed by atoms with E-state index >= 15 is 0 Å². The summed E-state index contributed by atoms with van der Waals surface area (Å²) in [6.45, 7) is 3.16. The summed E-state index contributed by atoms with van der Waals surface area (Å²) in [5.74, 6) is -0.576. The molecule has 1 aliphatic heterocycles. The molecule has 0 bridgehead atoms. The molecule has 0 aromatic heterocycles. The minimum Gasteiger partial charge on any atom is -0.381 e. The third-order valence-corrected chi connectivity index (χ3v) is 4.07. The van der Waals surface area contributed by atoms with Crippen LogP contribution in [0.2, 0.25) is 0 Å². The summed E-state index contributed by atoms with van der Waals surface area (Å²) in [6, 6.07) is 5.03. The standard InChI is InChI=1S/C15H21N3O3/c1-10-8-11(2-3-12(10)13(17)19)18-14(20)15(9-16)4-6-21-7-5-15/h2-3,8H,4-7,9,16H2,1H3,(H2,17,19)(H,18,20). The molecular formula is C15H21N3O3. The van der Waals surface area contributed by atoms with Crippen LogP contribution in [0.5, 0.6) is 0 Å². The molecule has 6 heteroatoms. The number of ether oxygens (including phenoxy) is 1. The first-order valence-electron chi connectivity index (χ1n) is 6.98. The zero-order valence-corrected chi connectivity index (χ0v) is 12.1. The summed E-state index contributed by atoms with van der Waals surface area (Å²) in [5, 5.41) is 2.88. The van der Waals surface area contributed by atoms with Gasteiger partial charge in [-0.3, -0.25) is 9.59 Å². The van der Waals surface area contributed by atoms with E-state index in [2.05, 4.69) is 5.32 Å². The second-order valence-corrected chi connectivity index (χ2v) is 5.44. The van der Waals surface area contributed by atoms with Gasteiger partial charge in [-0.15, -0.1) is 0 Å². The van der Waals surface area contributed by atoms with Gasteiger partial charge in [0.1, 0.15) is 0 Å². The fourth-order valence-corrected chi connectivity index (χ4v) is 2.57. The maximum Gasteiger partial charge on any atom is 0.248 e. The summed E-state index contributed by atoms with van der Waals surface area (Å²) in [5.41, 5.74) is 12.3. The summed E-state index contributed by atoms with van der Waals surface area (Å²) in [7, 11) is 0. The lowest BCUT2D eigenvalue weighted by atomic mass is 9.79. The second kappa shape index (κ2) is 6.24. The van der Waals surface area contributed by atoms with Crippen LogP contribution in [0.15, 0.2) is 18.2 Å². The Bertz CT molecular complexity index is 551. The van der Waals surface area contributed by atoms with E-state index in [9.17, 15) is 9.59 Å². The number of anilines is 1. The molecule has 0 unspecified atom stereocenters. The highest BCUT2D eigenvalue weighted by atomic mass is 16.5. The Morgan fingerprint density at radius 1 is 1.33 bits per heavy atom. The van der Waals surface area contributed by atoms with Gasteiger partial charge >= 0.3 is 0 Å². The number of hydrogen-bond acceptors (Lipinski definition) is 4. The molecule has 1 heterocycles. The van der Waals surface area contributed by atoms with E-state index in [4.69, 9.17) is 16.2 Å². The van der Waals surface area contributed by atoms with Crippen LogP contribution in [0.4, 0.5) is 5.69 Å². The van der Waals surface area contributed by atoms with Gasteiger partial charge in [-0.05, 0) is 43.5 Å². The maximum absolute atomic E-state index is 12.5. The zero-order valence-electron chi connectivity index (χ0n) is 12.1. The topological polar surface area (TPSA) is 107 Å². The van der Waals surface area contributed by atoms with E-state index in [-0.39, 0.29) is 5.91 Å². The molecule has 0 atom stereocenters. The van der Waals surface area contributed by atoms with Gasteiger partial charge in [0.15, 0.2) is 0 Å². The number of rotatable bonds is 4. The quantitative estimate of drug-likeness (QED) is 0.762. The number of amides is 2. The first kappa shape index (κ1) is 15.5. The smallest absolute Gasteiger partial charge is 0.248 e. The molecule has 0 saturated carbocycles. The lowest BCUT2D eigenvalue weighted by Gasteiger charge is -2.34. The van der Waals surface area contributed by atoms with E-state index < -0.39 is 11.3 Å². The first-order chi connectivity index (χ1) is 9.98. The van der Waals surface area contributed by atoms with Crippen LogP contribution in [0.25, 0.3) is 0 Å². The number of benzene rings is 1. The van der Waals surface area contributed by atoms with Crippen molar-refractivity contribution < 1.29 is 14.3 Å². The molecule has 0 spiro atoms. The van der Waals surface area contributed by atoms with Crippen LogP contribution in [0.1, 0.15) is 28.8 Å². The molecule has 1 saturated heterocycles. The molecule has 114 valence electrons. The minimum atomic E-state index is -0.575. The Balaban J connectivity index is 2.15. The third kappa shape index (κ3) is 3.22. The molecule has 0 aliphatic carbocycles. The highest BCUT2D eigenvalue weighted by molar-refractivity contribution is 5.98. The third-order valence-electron chi connectivity index (χ3n) is 4.07. The van der Waals surface area contributed by atoms with Gasteiger partial charge in [0, 0.05) is 31.0 Å². The lowest BCUT2D eigenvalue weighted by molar-refractivity contribution is -0.130. The average molecular weight is 291 g/mol. The highest BCUT2D eigenvalue weighted by Gasteiger charge is 2.38. The summed E-state index contributed by atoms with van der Waals surface area (Å²) in [6.07, 6.45) is 1.24. The van der Waals surface area contributed by atoms with Crippen molar-refractivity contribution in [3.8, 4) is 0 Å². The van der Waals surface area contributed by atoms with Crippen molar-refractivity contribution in [3.05, 3.63) is 29.3 Å².